The van der Waals surface area contributed by atoms with Crippen LogP contribution in [0.3, 0.4) is 0 Å². The van der Waals surface area contributed by atoms with Crippen LogP contribution in [0.4, 0.5) is 0 Å². The molecule has 1 aromatic carbocycles. The summed E-state index contributed by atoms with van der Waals surface area (Å²) in [5.74, 6) is 0.848. The number of nitrogens with one attached hydrogen (secondary N) is 1. The molecule has 1 aromatic rings. The smallest absolute Gasteiger partial charge is 0.118 e. The van der Waals surface area contributed by atoms with E-state index in [1.54, 1.807) is 7.11 Å². The van der Waals surface area contributed by atoms with Crippen molar-refractivity contribution in [2.24, 2.45) is 0 Å². The molecule has 0 aliphatic rings. The lowest BCUT2D eigenvalue weighted by Crippen LogP contribution is -2.29. The summed E-state index contributed by atoms with van der Waals surface area (Å²) in [5, 5.41) is 3.19. The molecule has 0 aliphatic carbocycles. The van der Waals surface area contributed by atoms with Gasteiger partial charge in [-0.25, -0.2) is 0 Å². The number of rotatable bonds is 3. The molecular formula is C11H15NOS. The molecule has 1 N–H and O–H groups in total. The summed E-state index contributed by atoms with van der Waals surface area (Å²) in [7, 11) is 1.65. The van der Waals surface area contributed by atoms with E-state index in [0.717, 1.165) is 16.3 Å². The molecule has 0 amide bonds. The molecule has 2 nitrogen and oxygen atoms in total. The number of thiocarbonyl (C=S) groups is 1. The Hall–Kier alpha value is -1.09. The van der Waals surface area contributed by atoms with Gasteiger partial charge in [0.25, 0.3) is 0 Å². The van der Waals surface area contributed by atoms with Crippen LogP contribution in [0.5, 0.6) is 5.75 Å². The Balaban J connectivity index is 2.71. The Bertz CT molecular complexity index is 306. The molecule has 0 fully saturated rings. The van der Waals surface area contributed by atoms with Gasteiger partial charge >= 0.3 is 0 Å². The Morgan fingerprint density at radius 1 is 1.29 bits per heavy atom. The lowest BCUT2D eigenvalue weighted by Gasteiger charge is -2.11. The third-order valence-electron chi connectivity index (χ3n) is 1.77. The van der Waals surface area contributed by atoms with E-state index in [4.69, 9.17) is 17.0 Å². The van der Waals surface area contributed by atoms with Crippen molar-refractivity contribution < 1.29 is 4.74 Å². The van der Waals surface area contributed by atoms with Crippen molar-refractivity contribution in [3.05, 3.63) is 29.8 Å². The fourth-order valence-corrected chi connectivity index (χ4v) is 1.46. The van der Waals surface area contributed by atoms with E-state index in [9.17, 15) is 0 Å². The van der Waals surface area contributed by atoms with Crippen LogP contribution in [0.25, 0.3) is 0 Å². The second kappa shape index (κ2) is 4.96. The van der Waals surface area contributed by atoms with Crippen LogP contribution >= 0.6 is 12.2 Å². The summed E-state index contributed by atoms with van der Waals surface area (Å²) in [4.78, 5) is 0.780. The van der Waals surface area contributed by atoms with Crippen molar-refractivity contribution in [3.63, 3.8) is 0 Å². The lowest BCUT2D eigenvalue weighted by atomic mass is 10.2. The maximum atomic E-state index is 5.22. The van der Waals surface area contributed by atoms with Gasteiger partial charge in [-0.2, -0.15) is 0 Å². The fraction of sp³-hybridized carbons (Fsp3) is 0.364. The van der Waals surface area contributed by atoms with E-state index < -0.39 is 0 Å². The minimum Gasteiger partial charge on any atom is -0.497 e. The van der Waals surface area contributed by atoms with Crippen LogP contribution in [0.15, 0.2) is 24.3 Å². The molecule has 0 spiro atoms. The van der Waals surface area contributed by atoms with Gasteiger partial charge in [-0.15, -0.1) is 0 Å². The molecule has 0 radical (unpaired) electrons. The van der Waals surface area contributed by atoms with Gasteiger partial charge in [-0.1, -0.05) is 12.2 Å². The van der Waals surface area contributed by atoms with Crippen molar-refractivity contribution in [2.75, 3.05) is 7.11 Å². The highest BCUT2D eigenvalue weighted by Crippen LogP contribution is 2.11. The summed E-state index contributed by atoms with van der Waals surface area (Å²) in [5.41, 5.74) is 1.02. The fourth-order valence-electron chi connectivity index (χ4n) is 1.09. The van der Waals surface area contributed by atoms with E-state index in [2.05, 4.69) is 19.2 Å². The molecule has 14 heavy (non-hydrogen) atoms. The number of ether oxygens (including phenoxy) is 1. The standard InChI is InChI=1S/C11H15NOS/c1-8(2)12-11(14)9-4-6-10(13-3)7-5-9/h4-8H,1-3H3,(H,12,14). The van der Waals surface area contributed by atoms with E-state index >= 15 is 0 Å². The predicted molar refractivity (Wildman–Crippen MR) is 63.0 cm³/mol. The van der Waals surface area contributed by atoms with Crippen LogP contribution in [0.1, 0.15) is 19.4 Å². The average molecular weight is 209 g/mol. The SMILES string of the molecule is COc1ccc(C(=S)NC(C)C)cc1. The Labute approximate surface area is 90.3 Å². The minimum absolute atomic E-state index is 0.365. The van der Waals surface area contributed by atoms with Crippen molar-refractivity contribution in [2.45, 2.75) is 19.9 Å². The van der Waals surface area contributed by atoms with E-state index in [1.165, 1.54) is 0 Å². The van der Waals surface area contributed by atoms with Gasteiger partial charge in [0.05, 0.1) is 7.11 Å². The molecule has 0 aliphatic heterocycles. The zero-order valence-electron chi connectivity index (χ0n) is 8.70. The van der Waals surface area contributed by atoms with Crippen LogP contribution in [0, 0.1) is 0 Å². The number of hydrogen-bond acceptors (Lipinski definition) is 2. The third-order valence-corrected chi connectivity index (χ3v) is 2.13. The molecule has 0 aromatic heterocycles. The van der Waals surface area contributed by atoms with Gasteiger partial charge < -0.3 is 10.1 Å². The van der Waals surface area contributed by atoms with Gasteiger partial charge in [-0.3, -0.25) is 0 Å². The number of methoxy groups -OCH3 is 1. The van der Waals surface area contributed by atoms with Gasteiger partial charge in [-0.05, 0) is 38.1 Å². The summed E-state index contributed by atoms with van der Waals surface area (Å²) in [6.45, 7) is 4.13. The zero-order chi connectivity index (χ0) is 10.6. The summed E-state index contributed by atoms with van der Waals surface area (Å²) in [6.07, 6.45) is 0. The molecule has 0 atom stereocenters. The van der Waals surface area contributed by atoms with Gasteiger partial charge in [0.2, 0.25) is 0 Å². The van der Waals surface area contributed by atoms with E-state index in [0.29, 0.717) is 6.04 Å². The van der Waals surface area contributed by atoms with Crippen molar-refractivity contribution in [1.82, 2.24) is 5.32 Å². The highest BCUT2D eigenvalue weighted by atomic mass is 32.1. The highest BCUT2D eigenvalue weighted by molar-refractivity contribution is 7.80. The predicted octanol–water partition coefficient (Wildman–Crippen LogP) is 2.37. The monoisotopic (exact) mass is 209 g/mol. The summed E-state index contributed by atoms with van der Waals surface area (Å²) < 4.78 is 5.07. The normalized spacial score (nSPS) is 10.0. The number of benzene rings is 1. The largest absolute Gasteiger partial charge is 0.497 e. The molecular weight excluding hydrogens is 194 g/mol. The molecule has 0 bridgehead atoms. The van der Waals surface area contributed by atoms with Crippen molar-refractivity contribution >= 4 is 17.2 Å². The highest BCUT2D eigenvalue weighted by Gasteiger charge is 2.02. The maximum Gasteiger partial charge on any atom is 0.118 e. The second-order valence-electron chi connectivity index (χ2n) is 3.36. The molecule has 3 heteroatoms. The van der Waals surface area contributed by atoms with Crippen LogP contribution in [0.2, 0.25) is 0 Å². The first kappa shape index (κ1) is 11.0. The topological polar surface area (TPSA) is 21.3 Å². The van der Waals surface area contributed by atoms with E-state index in [1.807, 2.05) is 24.3 Å². The molecule has 0 saturated carbocycles. The van der Waals surface area contributed by atoms with Crippen LogP contribution in [-0.2, 0) is 0 Å². The van der Waals surface area contributed by atoms with E-state index in [-0.39, 0.29) is 0 Å². The van der Waals surface area contributed by atoms with Gasteiger partial charge in [0.1, 0.15) is 10.7 Å². The first-order valence-electron chi connectivity index (χ1n) is 4.58. The maximum absolute atomic E-state index is 5.22. The van der Waals surface area contributed by atoms with Crippen molar-refractivity contribution in [1.29, 1.82) is 0 Å². The van der Waals surface area contributed by atoms with Gasteiger partial charge in [0.15, 0.2) is 0 Å². The van der Waals surface area contributed by atoms with Crippen molar-refractivity contribution in [3.8, 4) is 5.75 Å². The summed E-state index contributed by atoms with van der Waals surface area (Å²) >= 11 is 5.22. The Morgan fingerprint density at radius 3 is 2.29 bits per heavy atom. The Kier molecular flexibility index (Phi) is 3.89. The zero-order valence-corrected chi connectivity index (χ0v) is 9.52. The molecule has 0 unspecified atom stereocenters. The second-order valence-corrected chi connectivity index (χ2v) is 3.76. The molecule has 1 rings (SSSR count). The minimum atomic E-state index is 0.365. The first-order chi connectivity index (χ1) is 6.63. The van der Waals surface area contributed by atoms with Crippen LogP contribution in [-0.4, -0.2) is 18.1 Å². The molecule has 0 saturated heterocycles. The molecule has 76 valence electrons. The Morgan fingerprint density at radius 2 is 1.86 bits per heavy atom. The van der Waals surface area contributed by atoms with Crippen LogP contribution < -0.4 is 10.1 Å². The number of hydrogen-bond donors (Lipinski definition) is 1. The average Bonchev–Trinajstić information content (AvgIpc) is 2.17. The first-order valence-corrected chi connectivity index (χ1v) is 4.99. The summed E-state index contributed by atoms with van der Waals surface area (Å²) in [6, 6.07) is 8.09. The van der Waals surface area contributed by atoms with Gasteiger partial charge in [0, 0.05) is 11.6 Å². The molecule has 0 heterocycles. The lowest BCUT2D eigenvalue weighted by molar-refractivity contribution is 0.415. The quantitative estimate of drug-likeness (QED) is 0.772. The third kappa shape index (κ3) is 3.00.